The van der Waals surface area contributed by atoms with Crippen molar-refractivity contribution in [1.82, 2.24) is 5.32 Å². The fourth-order valence-electron chi connectivity index (χ4n) is 2.47. The number of nitrogens with one attached hydrogen (secondary N) is 1. The van der Waals surface area contributed by atoms with E-state index >= 15 is 0 Å². The van der Waals surface area contributed by atoms with Crippen LogP contribution in [-0.4, -0.2) is 11.9 Å². The van der Waals surface area contributed by atoms with Gasteiger partial charge in [-0.3, -0.25) is 4.79 Å². The third kappa shape index (κ3) is 3.44. The molecule has 2 rings (SSSR count). The van der Waals surface area contributed by atoms with Gasteiger partial charge in [-0.25, -0.2) is 0 Å². The van der Waals surface area contributed by atoms with Gasteiger partial charge in [0, 0.05) is 9.61 Å². The van der Waals surface area contributed by atoms with Crippen LogP contribution in [0, 0.1) is 9.49 Å². The van der Waals surface area contributed by atoms with Gasteiger partial charge >= 0.3 is 0 Å². The number of amides is 1. The van der Waals surface area contributed by atoms with Crippen LogP contribution in [0.5, 0.6) is 0 Å². The van der Waals surface area contributed by atoms with Crippen molar-refractivity contribution >= 4 is 28.5 Å². The Bertz CT molecular complexity index is 405. The molecule has 0 aliphatic heterocycles. The molecule has 1 aromatic carbocycles. The highest BCUT2D eigenvalue weighted by molar-refractivity contribution is 14.1. The maximum Gasteiger partial charge on any atom is 0.252 e. The first-order chi connectivity index (χ1) is 8.16. The van der Waals surface area contributed by atoms with Crippen molar-refractivity contribution in [3.63, 3.8) is 0 Å². The maximum absolute atomic E-state index is 12.1. The third-order valence-corrected chi connectivity index (χ3v) is 4.33. The predicted octanol–water partition coefficient (Wildman–Crippen LogP) is 3.60. The lowest BCUT2D eigenvalue weighted by atomic mass is 9.87. The summed E-state index contributed by atoms with van der Waals surface area (Å²) in [4.78, 5) is 12.1. The molecule has 17 heavy (non-hydrogen) atoms. The summed E-state index contributed by atoms with van der Waals surface area (Å²) in [5.74, 6) is 0.818. The van der Waals surface area contributed by atoms with Crippen molar-refractivity contribution < 1.29 is 4.79 Å². The van der Waals surface area contributed by atoms with Gasteiger partial charge in [-0.1, -0.05) is 31.9 Å². The molecule has 2 unspecified atom stereocenters. The lowest BCUT2D eigenvalue weighted by Gasteiger charge is -2.27. The molecule has 0 spiro atoms. The molecule has 1 aliphatic rings. The number of hydrogen-bond acceptors (Lipinski definition) is 1. The molecule has 2 atom stereocenters. The second-order valence-electron chi connectivity index (χ2n) is 4.92. The van der Waals surface area contributed by atoms with Gasteiger partial charge < -0.3 is 5.32 Å². The van der Waals surface area contributed by atoms with E-state index in [-0.39, 0.29) is 5.91 Å². The van der Waals surface area contributed by atoms with Crippen molar-refractivity contribution in [1.29, 1.82) is 0 Å². The van der Waals surface area contributed by atoms with Gasteiger partial charge in [0.25, 0.3) is 5.91 Å². The zero-order valence-corrected chi connectivity index (χ0v) is 12.2. The number of hydrogen-bond donors (Lipinski definition) is 1. The molecule has 1 amide bonds. The van der Waals surface area contributed by atoms with Gasteiger partial charge in [0.1, 0.15) is 0 Å². The summed E-state index contributed by atoms with van der Waals surface area (Å²) in [5.41, 5.74) is 0.798. The van der Waals surface area contributed by atoms with Gasteiger partial charge in [-0.2, -0.15) is 0 Å². The van der Waals surface area contributed by atoms with Crippen molar-refractivity contribution in [2.24, 2.45) is 5.92 Å². The van der Waals surface area contributed by atoms with Crippen molar-refractivity contribution in [3.05, 3.63) is 33.4 Å². The monoisotopic (exact) mass is 343 g/mol. The molecule has 0 saturated heterocycles. The topological polar surface area (TPSA) is 29.1 Å². The summed E-state index contributed by atoms with van der Waals surface area (Å²) in [6, 6.07) is 8.10. The zero-order valence-electron chi connectivity index (χ0n) is 10.1. The number of benzene rings is 1. The van der Waals surface area contributed by atoms with Crippen LogP contribution in [0.3, 0.4) is 0 Å². The van der Waals surface area contributed by atoms with Crippen LogP contribution < -0.4 is 5.32 Å². The van der Waals surface area contributed by atoms with Gasteiger partial charge in [-0.05, 0) is 53.5 Å². The molecule has 0 aromatic heterocycles. The van der Waals surface area contributed by atoms with E-state index in [4.69, 9.17) is 0 Å². The van der Waals surface area contributed by atoms with Crippen LogP contribution in [0.25, 0.3) is 0 Å². The Kier molecular flexibility index (Phi) is 4.42. The lowest BCUT2D eigenvalue weighted by molar-refractivity contribution is 0.0920. The Hall–Kier alpha value is -0.580. The van der Waals surface area contributed by atoms with Crippen LogP contribution in [0.1, 0.15) is 43.0 Å². The average Bonchev–Trinajstić information content (AvgIpc) is 2.29. The van der Waals surface area contributed by atoms with Crippen LogP contribution in [-0.2, 0) is 0 Å². The molecule has 1 aliphatic carbocycles. The molecule has 2 nitrogen and oxygen atoms in total. The van der Waals surface area contributed by atoms with Crippen LogP contribution >= 0.6 is 22.6 Å². The Labute approximate surface area is 116 Å². The Morgan fingerprint density at radius 3 is 2.82 bits per heavy atom. The Morgan fingerprint density at radius 2 is 2.12 bits per heavy atom. The third-order valence-electron chi connectivity index (χ3n) is 3.39. The molecule has 1 N–H and O–H groups in total. The van der Waals surface area contributed by atoms with Gasteiger partial charge in [0.2, 0.25) is 0 Å². The fraction of sp³-hybridized carbons (Fsp3) is 0.500. The first-order valence-corrected chi connectivity index (χ1v) is 7.30. The quantitative estimate of drug-likeness (QED) is 0.817. The van der Waals surface area contributed by atoms with E-state index in [0.29, 0.717) is 6.04 Å². The van der Waals surface area contributed by atoms with E-state index in [1.807, 2.05) is 24.3 Å². The molecule has 1 saturated carbocycles. The molecule has 0 radical (unpaired) electrons. The van der Waals surface area contributed by atoms with E-state index in [1.165, 1.54) is 12.8 Å². The van der Waals surface area contributed by atoms with Crippen molar-refractivity contribution in [2.45, 2.75) is 38.6 Å². The van der Waals surface area contributed by atoms with E-state index in [1.54, 1.807) is 0 Å². The Balaban J connectivity index is 1.99. The molecule has 92 valence electrons. The minimum atomic E-state index is 0.0779. The van der Waals surface area contributed by atoms with Crippen LogP contribution in [0.4, 0.5) is 0 Å². The van der Waals surface area contributed by atoms with Gasteiger partial charge in [0.05, 0.1) is 5.56 Å². The second-order valence-corrected chi connectivity index (χ2v) is 6.08. The van der Waals surface area contributed by atoms with Crippen molar-refractivity contribution in [3.8, 4) is 0 Å². The maximum atomic E-state index is 12.1. The molecular weight excluding hydrogens is 325 g/mol. The number of halogens is 1. The minimum absolute atomic E-state index is 0.0779. The first-order valence-electron chi connectivity index (χ1n) is 6.22. The summed E-state index contributed by atoms with van der Waals surface area (Å²) in [5, 5.41) is 3.16. The smallest absolute Gasteiger partial charge is 0.252 e. The summed E-state index contributed by atoms with van der Waals surface area (Å²) < 4.78 is 1.02. The first kappa shape index (κ1) is 12.9. The average molecular weight is 343 g/mol. The number of carbonyl (C=O) groups is 1. The summed E-state index contributed by atoms with van der Waals surface area (Å²) in [7, 11) is 0. The van der Waals surface area contributed by atoms with Crippen LogP contribution in [0.2, 0.25) is 0 Å². The normalized spacial score (nSPS) is 24.4. The molecule has 1 aromatic rings. The highest BCUT2D eigenvalue weighted by Gasteiger charge is 2.21. The SMILES string of the molecule is CC1CCCC(NC(=O)c2ccccc2I)C1. The van der Waals surface area contributed by atoms with E-state index in [2.05, 4.69) is 34.8 Å². The second kappa shape index (κ2) is 5.85. The molecule has 0 heterocycles. The van der Waals surface area contributed by atoms with Crippen LogP contribution in [0.15, 0.2) is 24.3 Å². The van der Waals surface area contributed by atoms with E-state index in [0.717, 1.165) is 27.9 Å². The highest BCUT2D eigenvalue weighted by Crippen LogP contribution is 2.24. The lowest BCUT2D eigenvalue weighted by Crippen LogP contribution is -2.38. The Morgan fingerprint density at radius 1 is 1.35 bits per heavy atom. The molecule has 3 heteroatoms. The zero-order chi connectivity index (χ0) is 12.3. The fourth-order valence-corrected chi connectivity index (χ4v) is 3.11. The number of carbonyl (C=O) groups excluding carboxylic acids is 1. The van der Waals surface area contributed by atoms with E-state index < -0.39 is 0 Å². The molecule has 1 fully saturated rings. The molecule has 0 bridgehead atoms. The summed E-state index contributed by atoms with van der Waals surface area (Å²) in [6.45, 7) is 2.27. The predicted molar refractivity (Wildman–Crippen MR) is 78.0 cm³/mol. The van der Waals surface area contributed by atoms with Gasteiger partial charge in [-0.15, -0.1) is 0 Å². The van der Waals surface area contributed by atoms with Crippen molar-refractivity contribution in [2.75, 3.05) is 0 Å². The molecular formula is C14H18INO. The minimum Gasteiger partial charge on any atom is -0.349 e. The highest BCUT2D eigenvalue weighted by atomic mass is 127. The standard InChI is InChI=1S/C14H18INO/c1-10-5-4-6-11(9-10)16-14(17)12-7-2-3-8-13(12)15/h2-3,7-8,10-11H,4-6,9H2,1H3,(H,16,17). The largest absolute Gasteiger partial charge is 0.349 e. The summed E-state index contributed by atoms with van der Waals surface area (Å²) in [6.07, 6.45) is 4.78. The summed E-state index contributed by atoms with van der Waals surface area (Å²) >= 11 is 2.21. The van der Waals surface area contributed by atoms with Gasteiger partial charge in [0.15, 0.2) is 0 Å². The van der Waals surface area contributed by atoms with E-state index in [9.17, 15) is 4.79 Å². The number of rotatable bonds is 2.